The van der Waals surface area contributed by atoms with Gasteiger partial charge in [-0.05, 0) is 18.2 Å². The summed E-state index contributed by atoms with van der Waals surface area (Å²) in [7, 11) is 0. The molecule has 2 fully saturated rings. The van der Waals surface area contributed by atoms with E-state index in [0.717, 1.165) is 11.3 Å². The van der Waals surface area contributed by atoms with Crippen molar-refractivity contribution in [3.8, 4) is 11.3 Å². The lowest BCUT2D eigenvalue weighted by molar-refractivity contribution is 0.0983. The van der Waals surface area contributed by atoms with Gasteiger partial charge < -0.3 is 10.6 Å². The van der Waals surface area contributed by atoms with Crippen LogP contribution in [0.3, 0.4) is 0 Å². The maximum absolute atomic E-state index is 13.2. The summed E-state index contributed by atoms with van der Waals surface area (Å²) in [6, 6.07) is 8.32. The Kier molecular flexibility index (Phi) is 3.93. The number of benzene rings is 1. The molecule has 10 heteroatoms. The first kappa shape index (κ1) is 17.5. The molecular formula is C19H17F2N7O. The van der Waals surface area contributed by atoms with E-state index in [1.807, 2.05) is 24.3 Å². The molecule has 1 aliphatic carbocycles. The van der Waals surface area contributed by atoms with Gasteiger partial charge in [0.15, 0.2) is 0 Å². The minimum Gasteiger partial charge on any atom is -0.336 e. The average Bonchev–Trinajstić information content (AvgIpc) is 3.06. The molecule has 148 valence electrons. The normalized spacial score (nSPS) is 19.9. The molecule has 2 aromatic heterocycles. The van der Waals surface area contributed by atoms with E-state index in [0.29, 0.717) is 30.4 Å². The second kappa shape index (κ2) is 6.50. The molecule has 3 heterocycles. The lowest BCUT2D eigenvalue weighted by Gasteiger charge is -2.14. The van der Waals surface area contributed by atoms with Crippen molar-refractivity contribution in [2.45, 2.75) is 18.4 Å². The molecule has 1 aliphatic heterocycles. The number of urea groups is 1. The number of carbonyl (C=O) groups excluding carboxylic acids is 1. The van der Waals surface area contributed by atoms with Gasteiger partial charge in [-0.15, -0.1) is 0 Å². The van der Waals surface area contributed by atoms with E-state index < -0.39 is 12.0 Å². The van der Waals surface area contributed by atoms with Crippen LogP contribution in [0.5, 0.6) is 0 Å². The van der Waals surface area contributed by atoms with Crippen LogP contribution >= 0.6 is 0 Å². The van der Waals surface area contributed by atoms with E-state index in [-0.39, 0.29) is 12.5 Å². The zero-order valence-electron chi connectivity index (χ0n) is 15.2. The largest absolute Gasteiger partial charge is 0.336 e. The minimum absolute atomic E-state index is 0.101. The number of alkyl halides is 2. The summed E-state index contributed by atoms with van der Waals surface area (Å²) in [5, 5.41) is 9.75. The fourth-order valence-corrected chi connectivity index (χ4v) is 3.30. The fourth-order valence-electron chi connectivity index (χ4n) is 3.30. The van der Waals surface area contributed by atoms with Crippen molar-refractivity contribution in [3.63, 3.8) is 0 Å². The SMILES string of the molecule is O=C1NCCN1c1ccc(-c2ccnc(Nc3cnn(C4CC4(F)F)c3)n2)cc1. The summed E-state index contributed by atoms with van der Waals surface area (Å²) in [5.41, 5.74) is 2.92. The number of nitrogens with zero attached hydrogens (tertiary/aromatic N) is 5. The third kappa shape index (κ3) is 3.37. The highest BCUT2D eigenvalue weighted by molar-refractivity contribution is 5.94. The zero-order valence-corrected chi connectivity index (χ0v) is 15.2. The van der Waals surface area contributed by atoms with Gasteiger partial charge in [0, 0.05) is 43.2 Å². The Labute approximate surface area is 164 Å². The number of aromatic nitrogens is 4. The first-order valence-electron chi connectivity index (χ1n) is 9.17. The van der Waals surface area contributed by atoms with Gasteiger partial charge in [-0.2, -0.15) is 5.10 Å². The monoisotopic (exact) mass is 397 g/mol. The molecule has 2 amide bonds. The highest BCUT2D eigenvalue weighted by atomic mass is 19.3. The summed E-state index contributed by atoms with van der Waals surface area (Å²) in [4.78, 5) is 22.1. The lowest BCUT2D eigenvalue weighted by Crippen LogP contribution is -2.27. The number of amides is 2. The summed E-state index contributed by atoms with van der Waals surface area (Å²) < 4.78 is 27.6. The van der Waals surface area contributed by atoms with E-state index in [4.69, 9.17) is 0 Å². The molecule has 0 radical (unpaired) electrons. The number of rotatable bonds is 5. The average molecular weight is 397 g/mol. The van der Waals surface area contributed by atoms with Crippen LogP contribution < -0.4 is 15.5 Å². The molecule has 2 N–H and O–H groups in total. The van der Waals surface area contributed by atoms with Gasteiger partial charge in [0.1, 0.15) is 6.04 Å². The van der Waals surface area contributed by atoms with Gasteiger partial charge in [-0.3, -0.25) is 9.58 Å². The van der Waals surface area contributed by atoms with Crippen LogP contribution in [0.25, 0.3) is 11.3 Å². The Morgan fingerprint density at radius 1 is 1.21 bits per heavy atom. The van der Waals surface area contributed by atoms with E-state index in [1.54, 1.807) is 17.2 Å². The molecule has 8 nitrogen and oxygen atoms in total. The molecule has 1 aromatic carbocycles. The molecule has 1 saturated heterocycles. The van der Waals surface area contributed by atoms with Crippen molar-refractivity contribution in [3.05, 3.63) is 48.9 Å². The maximum atomic E-state index is 13.2. The van der Waals surface area contributed by atoms with Crippen LogP contribution in [0, 0.1) is 0 Å². The molecule has 3 aromatic rings. The third-order valence-corrected chi connectivity index (χ3v) is 4.96. The maximum Gasteiger partial charge on any atom is 0.321 e. The van der Waals surface area contributed by atoms with Crippen LogP contribution in [0.4, 0.5) is 30.9 Å². The summed E-state index contributed by atoms with van der Waals surface area (Å²) >= 11 is 0. The van der Waals surface area contributed by atoms with Crippen molar-refractivity contribution in [2.75, 3.05) is 23.3 Å². The van der Waals surface area contributed by atoms with E-state index in [2.05, 4.69) is 25.7 Å². The zero-order chi connectivity index (χ0) is 20.0. The Morgan fingerprint density at radius 3 is 2.69 bits per heavy atom. The highest BCUT2D eigenvalue weighted by Crippen LogP contribution is 2.52. The molecule has 0 spiro atoms. The first-order chi connectivity index (χ1) is 14.0. The Morgan fingerprint density at radius 2 is 2.00 bits per heavy atom. The molecule has 0 bridgehead atoms. The standard InChI is InChI=1S/C19H17F2N7O/c20-19(21)9-16(19)28-11-13(10-24-28)25-17-22-6-5-15(26-17)12-1-3-14(4-2-12)27-8-7-23-18(27)29/h1-6,10-11,16H,7-9H2,(H,23,29)(H,22,25,26). The van der Waals surface area contributed by atoms with Crippen LogP contribution in [0.2, 0.25) is 0 Å². The molecule has 1 saturated carbocycles. The molecule has 5 rings (SSSR count). The molecule has 29 heavy (non-hydrogen) atoms. The fraction of sp³-hybridized carbons (Fsp3) is 0.263. The van der Waals surface area contributed by atoms with Gasteiger partial charge in [0.2, 0.25) is 5.95 Å². The van der Waals surface area contributed by atoms with Crippen molar-refractivity contribution in [1.29, 1.82) is 0 Å². The third-order valence-electron chi connectivity index (χ3n) is 4.96. The second-order valence-corrected chi connectivity index (χ2v) is 7.01. The van der Waals surface area contributed by atoms with Crippen LogP contribution in [-0.4, -0.2) is 44.8 Å². The van der Waals surface area contributed by atoms with E-state index in [9.17, 15) is 13.6 Å². The van der Waals surface area contributed by atoms with Crippen molar-refractivity contribution in [2.24, 2.45) is 0 Å². The van der Waals surface area contributed by atoms with Crippen molar-refractivity contribution in [1.82, 2.24) is 25.1 Å². The minimum atomic E-state index is -2.68. The predicted octanol–water partition coefficient (Wildman–Crippen LogP) is 3.19. The molecular weight excluding hydrogens is 380 g/mol. The van der Waals surface area contributed by atoms with Crippen LogP contribution in [0.15, 0.2) is 48.9 Å². The van der Waals surface area contributed by atoms with Gasteiger partial charge in [0.25, 0.3) is 5.92 Å². The number of anilines is 3. The van der Waals surface area contributed by atoms with Crippen molar-refractivity contribution < 1.29 is 13.6 Å². The van der Waals surface area contributed by atoms with Crippen LogP contribution in [-0.2, 0) is 0 Å². The summed E-state index contributed by atoms with van der Waals surface area (Å²) in [5.74, 6) is -2.34. The molecule has 1 unspecified atom stereocenters. The highest BCUT2D eigenvalue weighted by Gasteiger charge is 2.59. The first-order valence-corrected chi connectivity index (χ1v) is 9.17. The lowest BCUT2D eigenvalue weighted by atomic mass is 10.1. The summed E-state index contributed by atoms with van der Waals surface area (Å²) in [6.07, 6.45) is 4.43. The Bertz CT molecular complexity index is 1070. The number of nitrogens with one attached hydrogen (secondary N) is 2. The van der Waals surface area contributed by atoms with Gasteiger partial charge in [-0.1, -0.05) is 12.1 Å². The molecule has 2 aliphatic rings. The topological polar surface area (TPSA) is 88.0 Å². The second-order valence-electron chi connectivity index (χ2n) is 7.01. The van der Waals surface area contributed by atoms with E-state index >= 15 is 0 Å². The quantitative estimate of drug-likeness (QED) is 0.690. The Balaban J connectivity index is 1.31. The number of carbonyl (C=O) groups is 1. The number of hydrogen-bond donors (Lipinski definition) is 2. The van der Waals surface area contributed by atoms with Crippen molar-refractivity contribution >= 4 is 23.4 Å². The Hall–Kier alpha value is -3.56. The van der Waals surface area contributed by atoms with E-state index in [1.165, 1.54) is 17.1 Å². The smallest absolute Gasteiger partial charge is 0.321 e. The van der Waals surface area contributed by atoms with Gasteiger partial charge in [0.05, 0.1) is 17.6 Å². The predicted molar refractivity (Wildman–Crippen MR) is 102 cm³/mol. The van der Waals surface area contributed by atoms with Gasteiger partial charge in [-0.25, -0.2) is 23.5 Å². The van der Waals surface area contributed by atoms with Crippen LogP contribution in [0.1, 0.15) is 12.5 Å². The number of hydrogen-bond acceptors (Lipinski definition) is 5. The van der Waals surface area contributed by atoms with Gasteiger partial charge >= 0.3 is 6.03 Å². The summed E-state index contributed by atoms with van der Waals surface area (Å²) in [6.45, 7) is 1.27. The molecule has 1 atom stereocenters. The number of halogens is 2.